The van der Waals surface area contributed by atoms with E-state index in [9.17, 15) is 0 Å². The van der Waals surface area contributed by atoms with Gasteiger partial charge in [-0.15, -0.1) is 74.6 Å². The van der Waals surface area contributed by atoms with Crippen molar-refractivity contribution >= 4 is 41.4 Å². The Bertz CT molecular complexity index is 2490. The van der Waals surface area contributed by atoms with E-state index in [2.05, 4.69) is 221 Å². The molecular formula is C58H61SiZr. The summed E-state index contributed by atoms with van der Waals surface area (Å²) in [4.78, 5) is 0. The molecule has 0 nitrogen and oxygen atoms in total. The molecule has 0 aliphatic carbocycles. The first-order chi connectivity index (χ1) is 28.3. The van der Waals surface area contributed by atoms with Gasteiger partial charge in [-0.05, 0) is 57.8 Å². The van der Waals surface area contributed by atoms with E-state index in [0.717, 1.165) is 9.52 Å². The molecule has 60 heavy (non-hydrogen) atoms. The Hall–Kier alpha value is -4.36. The normalized spacial score (nSPS) is 13.0. The second kappa shape index (κ2) is 19.1. The monoisotopic (exact) mass is 875 g/mol. The summed E-state index contributed by atoms with van der Waals surface area (Å²) in [5.41, 5.74) is 14.4. The van der Waals surface area contributed by atoms with Crippen LogP contribution in [0.2, 0.25) is 0 Å². The first-order valence-electron chi connectivity index (χ1n) is 21.7. The van der Waals surface area contributed by atoms with Crippen molar-refractivity contribution in [2.24, 2.45) is 0 Å². The Balaban J connectivity index is 0.000000155. The van der Waals surface area contributed by atoms with Crippen LogP contribution in [0, 0.1) is 6.07 Å². The molecule has 8 aromatic rings. The molecule has 2 atom stereocenters. The van der Waals surface area contributed by atoms with Gasteiger partial charge >= 0.3 is 26.2 Å². The molecule has 0 aromatic heterocycles. The van der Waals surface area contributed by atoms with Crippen LogP contribution in [-0.4, -0.2) is 9.52 Å². The van der Waals surface area contributed by atoms with E-state index in [0.29, 0.717) is 11.8 Å². The van der Waals surface area contributed by atoms with Crippen LogP contribution >= 0.6 is 0 Å². The number of benzene rings is 6. The van der Waals surface area contributed by atoms with E-state index in [1.165, 1.54) is 100 Å². The molecule has 9 rings (SSSR count). The Kier molecular flexibility index (Phi) is 14.4. The van der Waals surface area contributed by atoms with Gasteiger partial charge in [0.15, 0.2) is 0 Å². The second-order valence-corrected chi connectivity index (χ2v) is 19.8. The van der Waals surface area contributed by atoms with Gasteiger partial charge in [-0.25, -0.2) is 0 Å². The Morgan fingerprint density at radius 2 is 0.917 bits per heavy atom. The maximum absolute atomic E-state index is 3.31. The predicted molar refractivity (Wildman–Crippen MR) is 261 cm³/mol. The topological polar surface area (TPSA) is 0 Å². The third-order valence-corrected chi connectivity index (χ3v) is 13.7. The van der Waals surface area contributed by atoms with Crippen molar-refractivity contribution in [3.63, 3.8) is 0 Å². The average Bonchev–Trinajstić information content (AvgIpc) is 3.99. The van der Waals surface area contributed by atoms with E-state index in [4.69, 9.17) is 0 Å². The second-order valence-electron chi connectivity index (χ2n) is 18.5. The number of fused-ring (bicyclic) bond motifs is 5. The first-order valence-corrected chi connectivity index (χ1v) is 22.7. The molecule has 0 N–H and O–H groups in total. The zero-order valence-corrected chi connectivity index (χ0v) is 41.0. The van der Waals surface area contributed by atoms with Gasteiger partial charge in [0.2, 0.25) is 0 Å². The van der Waals surface area contributed by atoms with E-state index < -0.39 is 0 Å². The van der Waals surface area contributed by atoms with Crippen molar-refractivity contribution in [1.29, 1.82) is 0 Å². The van der Waals surface area contributed by atoms with Gasteiger partial charge in [-0.2, -0.15) is 41.6 Å². The maximum atomic E-state index is 3.31. The zero-order valence-electron chi connectivity index (χ0n) is 37.5. The molecule has 2 unspecified atom stereocenters. The molecule has 0 bridgehead atoms. The summed E-state index contributed by atoms with van der Waals surface area (Å²) in [6, 6.07) is 58.8. The summed E-state index contributed by atoms with van der Waals surface area (Å²) in [5, 5.41) is 8.29. The third-order valence-electron chi connectivity index (χ3n) is 12.4. The van der Waals surface area contributed by atoms with Gasteiger partial charge in [-0.1, -0.05) is 176 Å². The summed E-state index contributed by atoms with van der Waals surface area (Å²) in [7, 11) is 0.795. The van der Waals surface area contributed by atoms with Gasteiger partial charge in [0.1, 0.15) is 0 Å². The predicted octanol–water partition coefficient (Wildman–Crippen LogP) is 15.2. The Morgan fingerprint density at radius 3 is 1.38 bits per heavy atom. The van der Waals surface area contributed by atoms with Crippen LogP contribution in [0.25, 0.3) is 54.9 Å². The van der Waals surface area contributed by atoms with Gasteiger partial charge in [0, 0.05) is 0 Å². The molecule has 1 aliphatic heterocycles. The zero-order chi connectivity index (χ0) is 41.9. The van der Waals surface area contributed by atoms with Crippen molar-refractivity contribution < 1.29 is 26.2 Å². The van der Waals surface area contributed by atoms with E-state index in [1.807, 2.05) is 6.07 Å². The van der Waals surface area contributed by atoms with E-state index in [1.54, 1.807) is 0 Å². The molecule has 1 heterocycles. The summed E-state index contributed by atoms with van der Waals surface area (Å²) in [5.74, 6) is 1.16. The van der Waals surface area contributed by atoms with Gasteiger partial charge in [0.05, 0.1) is 9.52 Å². The maximum Gasteiger partial charge on any atom is 3.00 e. The minimum atomic E-state index is 0. The number of hydrogen-bond acceptors (Lipinski definition) is 0. The number of hydrogen-bond donors (Lipinski definition) is 0. The van der Waals surface area contributed by atoms with Gasteiger partial charge in [0.25, 0.3) is 0 Å². The molecule has 0 amide bonds. The summed E-state index contributed by atoms with van der Waals surface area (Å²) in [6.45, 7) is 22.9. The van der Waals surface area contributed by atoms with Crippen molar-refractivity contribution in [3.05, 3.63) is 180 Å². The Morgan fingerprint density at radius 1 is 0.500 bits per heavy atom. The molecule has 301 valence electrons. The molecule has 0 fully saturated rings. The third kappa shape index (κ3) is 9.72. The van der Waals surface area contributed by atoms with Crippen LogP contribution in [0.15, 0.2) is 152 Å². The van der Waals surface area contributed by atoms with E-state index in [-0.39, 0.29) is 37.0 Å². The smallest absolute Gasteiger partial charge is 0.184 e. The molecule has 0 spiro atoms. The molecule has 8 aromatic carbocycles. The fourth-order valence-corrected chi connectivity index (χ4v) is 9.63. The molecule has 0 saturated carbocycles. The largest absolute Gasteiger partial charge is 3.00 e. The van der Waals surface area contributed by atoms with Crippen LogP contribution in [0.4, 0.5) is 0 Å². The SMILES string of the molecule is CCC(C)c1ccccc1-c1cccc2[cH-]c(C(C)(C)C)cc12.CCC(C)c1ccccc1-c1cccc2[cH-]c(C(C)(C)C)cc12.[Zr+3].[c-]1cccc2c1[Si]c1ccccc1-2. The summed E-state index contributed by atoms with van der Waals surface area (Å²) < 4.78 is 0. The van der Waals surface area contributed by atoms with Crippen LogP contribution in [-0.2, 0) is 37.0 Å². The van der Waals surface area contributed by atoms with Crippen molar-refractivity contribution in [2.45, 2.75) is 105 Å². The first kappa shape index (κ1) is 45.2. The molecule has 1 aliphatic rings. The van der Waals surface area contributed by atoms with Crippen LogP contribution in [0.5, 0.6) is 0 Å². The van der Waals surface area contributed by atoms with Gasteiger partial charge in [-0.3, -0.25) is 0 Å². The standard InChI is InChI=1S/2C23H27.C12H7Si.Zr/c2*1-6-16(2)19-11-7-8-12-20(19)21-13-9-10-17-14-18(15-22(17)21)23(3,4)5;1-3-7-11-9(5-1)10-6-2-4-8-12(10)13-11;/h2*7-16H,6H2,1-5H3;1-7H;/q3*-1;+3. The fraction of sp³-hybridized carbons (Fsp3) is 0.276. The van der Waals surface area contributed by atoms with Crippen LogP contribution in [0.3, 0.4) is 0 Å². The molecule has 3 radical (unpaired) electrons. The summed E-state index contributed by atoms with van der Waals surface area (Å²) >= 11 is 0. The fourth-order valence-electron chi connectivity index (χ4n) is 8.32. The van der Waals surface area contributed by atoms with Crippen molar-refractivity contribution in [3.8, 4) is 33.4 Å². The minimum Gasteiger partial charge on any atom is -0.184 e. The van der Waals surface area contributed by atoms with Crippen LogP contribution in [0.1, 0.15) is 116 Å². The van der Waals surface area contributed by atoms with E-state index >= 15 is 0 Å². The number of rotatable bonds is 6. The average molecular weight is 877 g/mol. The Labute approximate surface area is 383 Å². The van der Waals surface area contributed by atoms with Crippen molar-refractivity contribution in [2.75, 3.05) is 0 Å². The van der Waals surface area contributed by atoms with Crippen LogP contribution < -0.4 is 10.4 Å². The molecule has 2 heteroatoms. The minimum absolute atomic E-state index is 0. The van der Waals surface area contributed by atoms with Gasteiger partial charge < -0.3 is 0 Å². The van der Waals surface area contributed by atoms with Crippen molar-refractivity contribution in [1.82, 2.24) is 0 Å². The quantitative estimate of drug-likeness (QED) is 0.115. The molecule has 0 saturated heterocycles. The summed E-state index contributed by atoms with van der Waals surface area (Å²) in [6.07, 6.45) is 2.34. The molecular weight excluding hydrogens is 816 g/mol.